The molecule has 0 saturated heterocycles. The third kappa shape index (κ3) is 4.87. The van der Waals surface area contributed by atoms with Crippen molar-refractivity contribution in [3.63, 3.8) is 0 Å². The van der Waals surface area contributed by atoms with Crippen molar-refractivity contribution in [1.82, 2.24) is 0 Å². The Kier molecular flexibility index (Phi) is 5.35. The molecule has 2 aromatic rings. The Hall–Kier alpha value is -1.86. The molecule has 0 unspecified atom stereocenters. The number of carbonyl (C=O) groups excluding carboxylic acids is 1. The third-order valence-corrected chi connectivity index (χ3v) is 3.43. The Bertz CT molecular complexity index is 622. The number of rotatable bonds is 5. The van der Waals surface area contributed by atoms with Gasteiger partial charge in [-0.1, -0.05) is 67.9 Å². The number of ketones is 1. The zero-order valence-electron chi connectivity index (χ0n) is 12.3. The Morgan fingerprint density at radius 3 is 2.24 bits per heavy atom. The molecular formula is C19H19ClO. The van der Waals surface area contributed by atoms with E-state index in [2.05, 4.69) is 13.8 Å². The standard InChI is InChI=1S/C19H19ClO/c1-14(2)13-16-3-8-17(9-4-16)19(21)12-7-15-5-10-18(20)11-6-15/h3-12,14H,13H2,1-2H3. The van der Waals surface area contributed by atoms with Gasteiger partial charge in [0.1, 0.15) is 0 Å². The average molecular weight is 299 g/mol. The van der Waals surface area contributed by atoms with Gasteiger partial charge in [-0.2, -0.15) is 0 Å². The van der Waals surface area contributed by atoms with E-state index in [4.69, 9.17) is 11.6 Å². The smallest absolute Gasteiger partial charge is 0.185 e. The second-order valence-electron chi connectivity index (χ2n) is 5.54. The summed E-state index contributed by atoms with van der Waals surface area (Å²) in [5.41, 5.74) is 2.94. The molecule has 0 atom stereocenters. The molecule has 0 heterocycles. The number of halogens is 1. The van der Waals surface area contributed by atoms with Crippen LogP contribution in [0.4, 0.5) is 0 Å². The summed E-state index contributed by atoms with van der Waals surface area (Å²) in [4.78, 5) is 12.1. The van der Waals surface area contributed by atoms with Crippen LogP contribution in [0.25, 0.3) is 6.08 Å². The van der Waals surface area contributed by atoms with Crippen LogP contribution < -0.4 is 0 Å². The molecule has 0 N–H and O–H groups in total. The van der Waals surface area contributed by atoms with Gasteiger partial charge in [0, 0.05) is 10.6 Å². The molecular weight excluding hydrogens is 280 g/mol. The molecule has 1 nitrogen and oxygen atoms in total. The summed E-state index contributed by atoms with van der Waals surface area (Å²) < 4.78 is 0. The molecule has 108 valence electrons. The van der Waals surface area contributed by atoms with E-state index in [1.54, 1.807) is 12.2 Å². The van der Waals surface area contributed by atoms with Gasteiger partial charge in [-0.25, -0.2) is 0 Å². The van der Waals surface area contributed by atoms with E-state index in [0.717, 1.165) is 12.0 Å². The fourth-order valence-corrected chi connectivity index (χ4v) is 2.24. The van der Waals surface area contributed by atoms with Gasteiger partial charge in [-0.15, -0.1) is 0 Å². The predicted molar refractivity (Wildman–Crippen MR) is 89.8 cm³/mol. The van der Waals surface area contributed by atoms with Crippen LogP contribution in [-0.2, 0) is 6.42 Å². The summed E-state index contributed by atoms with van der Waals surface area (Å²) in [6.07, 6.45) is 4.44. The van der Waals surface area contributed by atoms with Crippen LogP contribution in [0.15, 0.2) is 54.6 Å². The van der Waals surface area contributed by atoms with Gasteiger partial charge in [0.25, 0.3) is 0 Å². The quantitative estimate of drug-likeness (QED) is 0.531. The van der Waals surface area contributed by atoms with E-state index in [9.17, 15) is 4.79 Å². The van der Waals surface area contributed by atoms with Crippen LogP contribution in [-0.4, -0.2) is 5.78 Å². The summed E-state index contributed by atoms with van der Waals surface area (Å²) in [5.74, 6) is 0.636. The van der Waals surface area contributed by atoms with Gasteiger partial charge in [-0.3, -0.25) is 4.79 Å². The van der Waals surface area contributed by atoms with Gasteiger partial charge in [0.2, 0.25) is 0 Å². The van der Waals surface area contributed by atoms with Gasteiger partial charge in [0.15, 0.2) is 5.78 Å². The Morgan fingerprint density at radius 1 is 1.05 bits per heavy atom. The maximum Gasteiger partial charge on any atom is 0.185 e. The van der Waals surface area contributed by atoms with Crippen molar-refractivity contribution >= 4 is 23.5 Å². The molecule has 0 aliphatic carbocycles. The van der Waals surface area contributed by atoms with Gasteiger partial charge in [0.05, 0.1) is 0 Å². The Balaban J connectivity index is 2.04. The summed E-state index contributed by atoms with van der Waals surface area (Å²) in [7, 11) is 0. The van der Waals surface area contributed by atoms with Crippen LogP contribution in [0.5, 0.6) is 0 Å². The number of benzene rings is 2. The van der Waals surface area contributed by atoms with Crippen LogP contribution in [0.3, 0.4) is 0 Å². The largest absolute Gasteiger partial charge is 0.289 e. The molecule has 21 heavy (non-hydrogen) atoms. The molecule has 2 aromatic carbocycles. The van der Waals surface area contributed by atoms with Crippen molar-refractivity contribution < 1.29 is 4.79 Å². The average Bonchev–Trinajstić information content (AvgIpc) is 2.46. The molecule has 0 aliphatic heterocycles. The first-order chi connectivity index (χ1) is 10.0. The fourth-order valence-electron chi connectivity index (χ4n) is 2.12. The normalized spacial score (nSPS) is 11.2. The van der Waals surface area contributed by atoms with Crippen molar-refractivity contribution in [2.45, 2.75) is 20.3 Å². The highest BCUT2D eigenvalue weighted by molar-refractivity contribution is 6.30. The summed E-state index contributed by atoms with van der Waals surface area (Å²) in [6.45, 7) is 4.38. The lowest BCUT2D eigenvalue weighted by molar-refractivity contribution is 0.104. The molecule has 0 aliphatic rings. The first-order valence-electron chi connectivity index (χ1n) is 7.11. The first kappa shape index (κ1) is 15.5. The van der Waals surface area contributed by atoms with Crippen molar-refractivity contribution in [2.24, 2.45) is 5.92 Å². The Morgan fingerprint density at radius 2 is 1.67 bits per heavy atom. The van der Waals surface area contributed by atoms with E-state index in [1.165, 1.54) is 5.56 Å². The summed E-state index contributed by atoms with van der Waals surface area (Å²) in [5, 5.41) is 0.694. The molecule has 0 saturated carbocycles. The number of allylic oxidation sites excluding steroid dienone is 1. The zero-order valence-corrected chi connectivity index (χ0v) is 13.1. The minimum atomic E-state index is 0.0149. The SMILES string of the molecule is CC(C)Cc1ccc(C(=O)C=Cc2ccc(Cl)cc2)cc1. The van der Waals surface area contributed by atoms with Crippen molar-refractivity contribution in [3.05, 3.63) is 76.3 Å². The van der Waals surface area contributed by atoms with E-state index in [-0.39, 0.29) is 5.78 Å². The lowest BCUT2D eigenvalue weighted by Crippen LogP contribution is -1.97. The van der Waals surface area contributed by atoms with Crippen LogP contribution >= 0.6 is 11.6 Å². The highest BCUT2D eigenvalue weighted by Crippen LogP contribution is 2.13. The highest BCUT2D eigenvalue weighted by atomic mass is 35.5. The fraction of sp³-hybridized carbons (Fsp3) is 0.211. The molecule has 0 amide bonds. The van der Waals surface area contributed by atoms with Crippen LogP contribution in [0.2, 0.25) is 5.02 Å². The van der Waals surface area contributed by atoms with Crippen molar-refractivity contribution in [3.8, 4) is 0 Å². The number of carbonyl (C=O) groups is 1. The Labute approximate surface area is 131 Å². The monoisotopic (exact) mass is 298 g/mol. The van der Waals surface area contributed by atoms with Gasteiger partial charge in [-0.05, 0) is 41.7 Å². The second-order valence-corrected chi connectivity index (χ2v) is 5.98. The van der Waals surface area contributed by atoms with Gasteiger partial charge >= 0.3 is 0 Å². The molecule has 2 rings (SSSR count). The summed E-state index contributed by atoms with van der Waals surface area (Å²) >= 11 is 5.83. The molecule has 0 radical (unpaired) electrons. The van der Waals surface area contributed by atoms with Crippen LogP contribution in [0, 0.1) is 5.92 Å². The molecule has 0 fully saturated rings. The number of hydrogen-bond acceptors (Lipinski definition) is 1. The summed E-state index contributed by atoms with van der Waals surface area (Å²) in [6, 6.07) is 15.2. The molecule has 2 heteroatoms. The van der Waals surface area contributed by atoms with Gasteiger partial charge < -0.3 is 0 Å². The zero-order chi connectivity index (χ0) is 15.2. The second kappa shape index (κ2) is 7.24. The minimum Gasteiger partial charge on any atom is -0.289 e. The predicted octanol–water partition coefficient (Wildman–Crippen LogP) is 5.43. The van der Waals surface area contributed by atoms with E-state index < -0.39 is 0 Å². The van der Waals surface area contributed by atoms with Crippen LogP contribution in [0.1, 0.15) is 35.3 Å². The highest BCUT2D eigenvalue weighted by Gasteiger charge is 2.03. The number of hydrogen-bond donors (Lipinski definition) is 0. The first-order valence-corrected chi connectivity index (χ1v) is 7.49. The van der Waals surface area contributed by atoms with E-state index >= 15 is 0 Å². The maximum atomic E-state index is 12.1. The van der Waals surface area contributed by atoms with Crippen molar-refractivity contribution in [2.75, 3.05) is 0 Å². The van der Waals surface area contributed by atoms with Crippen molar-refractivity contribution in [1.29, 1.82) is 0 Å². The topological polar surface area (TPSA) is 17.1 Å². The van der Waals surface area contributed by atoms with E-state index in [0.29, 0.717) is 16.5 Å². The maximum absolute atomic E-state index is 12.1. The molecule has 0 bridgehead atoms. The lowest BCUT2D eigenvalue weighted by atomic mass is 10.0. The lowest BCUT2D eigenvalue weighted by Gasteiger charge is -2.05. The molecule has 0 spiro atoms. The minimum absolute atomic E-state index is 0.0149. The molecule has 0 aromatic heterocycles. The third-order valence-electron chi connectivity index (χ3n) is 3.18. The van der Waals surface area contributed by atoms with E-state index in [1.807, 2.05) is 48.5 Å².